The third kappa shape index (κ3) is 11.1. The highest BCUT2D eigenvalue weighted by Crippen LogP contribution is 2.46. The van der Waals surface area contributed by atoms with Gasteiger partial charge in [0.05, 0.1) is 48.1 Å². The van der Waals surface area contributed by atoms with E-state index < -0.39 is 90.0 Å². The number of carbonyl (C=O) groups is 7. The van der Waals surface area contributed by atoms with Crippen molar-refractivity contribution in [3.05, 3.63) is 97.6 Å². The van der Waals surface area contributed by atoms with E-state index in [9.17, 15) is 43.5 Å². The summed E-state index contributed by atoms with van der Waals surface area (Å²) in [4.78, 5) is 108. The summed E-state index contributed by atoms with van der Waals surface area (Å²) in [5.41, 5.74) is 1.68. The second kappa shape index (κ2) is 20.6. The maximum Gasteiger partial charge on any atom is 0.408 e. The van der Waals surface area contributed by atoms with Crippen LogP contribution in [-0.2, 0) is 69.8 Å². The molecule has 3 aliphatic rings. The number of nitrogens with one attached hydrogen (secondary N) is 6. The molecular weight excluding hydrogens is 896 g/mol. The maximum absolute atomic E-state index is 15.4. The number of rotatable bonds is 17. The largest absolute Gasteiger partial charge is 0.458 e. The zero-order valence-electron chi connectivity index (χ0n) is 39.2. The lowest BCUT2D eigenvalue weighted by molar-refractivity contribution is -0.172. The molecule has 2 aromatic carbocycles. The van der Waals surface area contributed by atoms with Crippen molar-refractivity contribution < 1.29 is 52.5 Å². The zero-order valence-corrected chi connectivity index (χ0v) is 39.2. The monoisotopic (exact) mass is 952 g/mol. The van der Waals surface area contributed by atoms with Gasteiger partial charge in [-0.15, -0.1) is 0 Å². The maximum atomic E-state index is 15.4. The molecule has 2 aromatic heterocycles. The molecule has 19 nitrogen and oxygen atoms in total. The Kier molecular flexibility index (Phi) is 14.8. The van der Waals surface area contributed by atoms with Gasteiger partial charge in [-0.25, -0.2) is 19.0 Å². The van der Waals surface area contributed by atoms with Crippen LogP contribution in [0.3, 0.4) is 0 Å². The molecule has 7 rings (SSSR count). The van der Waals surface area contributed by atoms with Crippen molar-refractivity contribution in [2.45, 2.75) is 116 Å². The van der Waals surface area contributed by atoms with Gasteiger partial charge in [0.2, 0.25) is 29.5 Å². The molecule has 0 saturated carbocycles. The Morgan fingerprint density at radius 1 is 0.942 bits per heavy atom. The first-order valence-electron chi connectivity index (χ1n) is 23.0. The third-order valence-electron chi connectivity index (χ3n) is 12.5. The van der Waals surface area contributed by atoms with Crippen LogP contribution in [0.25, 0.3) is 22.3 Å². The lowest BCUT2D eigenvalue weighted by Crippen LogP contribution is -2.51. The number of aromatic nitrogens is 2. The predicted octanol–water partition coefficient (Wildman–Crippen LogP) is 2.40. The fraction of sp³-hybridized carbons (Fsp3) is 0.449. The number of benzene rings is 2. The number of cyclic esters (lactones) is 1. The Balaban J connectivity index is 0.943. The van der Waals surface area contributed by atoms with Crippen LogP contribution in [0.15, 0.2) is 47.3 Å². The van der Waals surface area contributed by atoms with Crippen molar-refractivity contribution in [3.63, 3.8) is 0 Å². The van der Waals surface area contributed by atoms with Gasteiger partial charge in [-0.3, -0.25) is 28.8 Å². The molecule has 4 heterocycles. The molecule has 69 heavy (non-hydrogen) atoms. The van der Waals surface area contributed by atoms with E-state index in [0.29, 0.717) is 58.2 Å². The van der Waals surface area contributed by atoms with Crippen molar-refractivity contribution in [3.8, 4) is 11.4 Å². The number of hydrogen-bond donors (Lipinski definition) is 7. The number of amides is 6. The second-order valence-corrected chi connectivity index (χ2v) is 18.4. The number of pyridine rings is 2. The minimum absolute atomic E-state index is 0.0199. The highest BCUT2D eigenvalue weighted by Gasteiger charge is 2.46. The molecule has 1 aliphatic carbocycles. The average Bonchev–Trinajstić information content (AvgIpc) is 3.68. The van der Waals surface area contributed by atoms with Crippen molar-refractivity contribution in [2.75, 3.05) is 26.2 Å². The van der Waals surface area contributed by atoms with E-state index in [4.69, 9.17) is 14.5 Å². The van der Waals surface area contributed by atoms with Crippen LogP contribution in [0.5, 0.6) is 0 Å². The van der Waals surface area contributed by atoms with Crippen LogP contribution >= 0.6 is 0 Å². The first-order valence-corrected chi connectivity index (χ1v) is 23.0. The van der Waals surface area contributed by atoms with Gasteiger partial charge < -0.3 is 51.0 Å². The van der Waals surface area contributed by atoms with Gasteiger partial charge in [0.25, 0.3) is 5.56 Å². The molecule has 0 fully saturated rings. The fourth-order valence-corrected chi connectivity index (χ4v) is 8.97. The zero-order chi connectivity index (χ0) is 49.8. The second-order valence-electron chi connectivity index (χ2n) is 18.4. The Hall–Kier alpha value is -7.22. The van der Waals surface area contributed by atoms with Crippen molar-refractivity contribution >= 4 is 52.5 Å². The van der Waals surface area contributed by atoms with Crippen LogP contribution in [0.2, 0.25) is 0 Å². The number of nitrogens with zero attached hydrogens (tertiary/aromatic N) is 2. The topological polar surface area (TPSA) is 265 Å². The standard InChI is InChI=1S/C49H57FN8O11/c1-6-49(67)31-19-36-43-29(24-58(36)45(64)30(31)25-68-46(49)65)42-33(17-15-28-26(2)32(50)20-35(57-43)41(28)42)55-37(59)13-10-18-51-38(60)21-53-44(63)34(16-14-27-11-8-7-9-12-27)56-40(62)23-52-39(61)22-54-47(66)69-48(3,4)5/h7-9,11-12,19-20,33-34,67H,6,10,13-18,21-25H2,1-5H3,(H,51,60)(H,52,61)(H,53,63)(H,54,66)(H,55,59)(H,56,62)/t33-,34-,49-/m0/s1. The van der Waals surface area contributed by atoms with E-state index >= 15 is 4.39 Å². The first-order chi connectivity index (χ1) is 32.8. The number of fused-ring (bicyclic) bond motifs is 5. The van der Waals surface area contributed by atoms with Crippen molar-refractivity contribution in [1.29, 1.82) is 0 Å². The number of aliphatic hydroxyl groups is 1. The van der Waals surface area contributed by atoms with Gasteiger partial charge in [-0.2, -0.15) is 0 Å². The molecule has 7 N–H and O–H groups in total. The summed E-state index contributed by atoms with van der Waals surface area (Å²) in [6.07, 6.45) is 0.903. The number of alkyl carbamates (subject to hydrolysis) is 1. The van der Waals surface area contributed by atoms with Gasteiger partial charge in [0.1, 0.15) is 30.6 Å². The van der Waals surface area contributed by atoms with E-state index in [0.717, 1.165) is 11.1 Å². The Morgan fingerprint density at radius 3 is 2.38 bits per heavy atom. The van der Waals surface area contributed by atoms with Gasteiger partial charge in [0.15, 0.2) is 5.60 Å². The lowest BCUT2D eigenvalue weighted by Gasteiger charge is -2.31. The molecule has 0 bridgehead atoms. The predicted molar refractivity (Wildman–Crippen MR) is 248 cm³/mol. The Morgan fingerprint density at radius 2 is 1.65 bits per heavy atom. The molecular formula is C49H57FN8O11. The van der Waals surface area contributed by atoms with Crippen molar-refractivity contribution in [1.82, 2.24) is 41.5 Å². The molecule has 6 amide bonds. The summed E-state index contributed by atoms with van der Waals surface area (Å²) in [6, 6.07) is 10.6. The first kappa shape index (κ1) is 49.7. The number of halogens is 1. The summed E-state index contributed by atoms with van der Waals surface area (Å²) in [6.45, 7) is 6.87. The molecule has 3 atom stereocenters. The lowest BCUT2D eigenvalue weighted by atomic mass is 9.81. The minimum Gasteiger partial charge on any atom is -0.458 e. The molecule has 366 valence electrons. The number of ether oxygens (including phenoxy) is 2. The Bertz CT molecular complexity index is 2790. The molecule has 0 radical (unpaired) electrons. The number of esters is 1. The number of aryl methyl sites for hydroxylation is 2. The molecule has 20 heteroatoms. The molecule has 4 aromatic rings. The molecule has 2 aliphatic heterocycles. The smallest absolute Gasteiger partial charge is 0.408 e. The van der Waals surface area contributed by atoms with Gasteiger partial charge in [-0.05, 0) is 94.5 Å². The summed E-state index contributed by atoms with van der Waals surface area (Å²) in [7, 11) is 0. The van der Waals surface area contributed by atoms with E-state index in [1.165, 1.54) is 10.6 Å². The summed E-state index contributed by atoms with van der Waals surface area (Å²) < 4.78 is 27.2. The van der Waals surface area contributed by atoms with E-state index in [1.807, 2.05) is 30.3 Å². The van der Waals surface area contributed by atoms with E-state index in [-0.39, 0.29) is 62.4 Å². The third-order valence-corrected chi connectivity index (χ3v) is 12.5. The fourth-order valence-electron chi connectivity index (χ4n) is 8.97. The highest BCUT2D eigenvalue weighted by molar-refractivity contribution is 5.95. The quantitative estimate of drug-likeness (QED) is 0.0524. The summed E-state index contributed by atoms with van der Waals surface area (Å²) in [5.74, 6) is -4.10. The normalized spacial score (nSPS) is 17.0. The number of hydrogen-bond acceptors (Lipinski definition) is 12. The van der Waals surface area contributed by atoms with Gasteiger partial charge in [-0.1, -0.05) is 37.3 Å². The minimum atomic E-state index is -2.03. The highest BCUT2D eigenvalue weighted by atomic mass is 19.1. The molecule has 0 saturated heterocycles. The van der Waals surface area contributed by atoms with Gasteiger partial charge >= 0.3 is 12.1 Å². The van der Waals surface area contributed by atoms with Crippen LogP contribution < -0.4 is 37.5 Å². The van der Waals surface area contributed by atoms with Crippen LogP contribution in [-0.4, -0.2) is 94.1 Å². The Labute approximate surface area is 396 Å². The van der Waals surface area contributed by atoms with Gasteiger partial charge in [0, 0.05) is 35.5 Å². The molecule has 0 spiro atoms. The van der Waals surface area contributed by atoms with Crippen LogP contribution in [0.4, 0.5) is 9.18 Å². The van der Waals surface area contributed by atoms with E-state index in [2.05, 4.69) is 31.9 Å². The SMILES string of the molecule is CC[C@@]1(O)C(=O)OCc2c1cc1n(c2=O)Cc2c-1nc1cc(F)c(C)c3c1c2[C@@H](NC(=O)CCCNC(=O)CNC(=O)[C@H](CCc1ccccc1)NC(=O)CNC(=O)CNC(=O)OC(C)(C)C)CC3. The van der Waals surface area contributed by atoms with E-state index in [1.54, 1.807) is 40.7 Å². The van der Waals surface area contributed by atoms with Crippen LogP contribution in [0.1, 0.15) is 105 Å². The van der Waals surface area contributed by atoms with Crippen molar-refractivity contribution in [2.24, 2.45) is 0 Å². The number of carbonyl (C=O) groups excluding carboxylic acids is 7. The average molecular weight is 953 g/mol. The summed E-state index contributed by atoms with van der Waals surface area (Å²) >= 11 is 0. The van der Waals surface area contributed by atoms with Crippen LogP contribution in [0, 0.1) is 12.7 Å². The summed E-state index contributed by atoms with van der Waals surface area (Å²) in [5, 5.41) is 27.7. The molecule has 0 unspecified atom stereocenters.